The molecule has 1 atom stereocenters. The van der Waals surface area contributed by atoms with E-state index in [2.05, 4.69) is 10.6 Å². The van der Waals surface area contributed by atoms with Gasteiger partial charge in [-0.15, -0.1) is 0 Å². The highest BCUT2D eigenvalue weighted by molar-refractivity contribution is 5.81. The summed E-state index contributed by atoms with van der Waals surface area (Å²) in [7, 11) is 3.31. The lowest BCUT2D eigenvalue weighted by molar-refractivity contribution is -0.123. The van der Waals surface area contributed by atoms with Crippen molar-refractivity contribution >= 4 is 11.9 Å². The van der Waals surface area contributed by atoms with Crippen molar-refractivity contribution in [3.63, 3.8) is 0 Å². The van der Waals surface area contributed by atoms with Gasteiger partial charge in [0.1, 0.15) is 0 Å². The predicted molar refractivity (Wildman–Crippen MR) is 62.9 cm³/mol. The SMILES string of the molecule is CC(C)[C@@H](N)C(=O)NCCNC(=O)N(C)C. The minimum Gasteiger partial charge on any atom is -0.353 e. The molecule has 0 saturated carbocycles. The summed E-state index contributed by atoms with van der Waals surface area (Å²) in [6, 6.07) is -0.674. The van der Waals surface area contributed by atoms with Gasteiger partial charge in [-0.25, -0.2) is 4.79 Å². The number of amides is 3. The number of nitrogens with zero attached hydrogens (tertiary/aromatic N) is 1. The highest BCUT2D eigenvalue weighted by Crippen LogP contribution is 1.96. The van der Waals surface area contributed by atoms with Crippen LogP contribution in [0.15, 0.2) is 0 Å². The molecular weight excluding hydrogens is 208 g/mol. The van der Waals surface area contributed by atoms with Crippen molar-refractivity contribution in [1.82, 2.24) is 15.5 Å². The Morgan fingerprint density at radius 3 is 2.12 bits per heavy atom. The Kier molecular flexibility index (Phi) is 6.48. The third-order valence-electron chi connectivity index (χ3n) is 2.13. The molecule has 94 valence electrons. The number of nitrogens with two attached hydrogens (primary N) is 1. The maximum Gasteiger partial charge on any atom is 0.316 e. The first kappa shape index (κ1) is 14.7. The molecule has 0 aromatic carbocycles. The fraction of sp³-hybridized carbons (Fsp3) is 0.800. The van der Waals surface area contributed by atoms with Crippen LogP contribution in [0, 0.1) is 5.92 Å². The summed E-state index contributed by atoms with van der Waals surface area (Å²) in [5, 5.41) is 5.30. The van der Waals surface area contributed by atoms with Crippen molar-refractivity contribution in [2.45, 2.75) is 19.9 Å². The summed E-state index contributed by atoms with van der Waals surface area (Å²) in [5.74, 6) is -0.0783. The van der Waals surface area contributed by atoms with Gasteiger partial charge < -0.3 is 21.3 Å². The van der Waals surface area contributed by atoms with Gasteiger partial charge >= 0.3 is 6.03 Å². The molecule has 3 amide bonds. The molecule has 0 heterocycles. The maximum atomic E-state index is 11.4. The number of carbonyl (C=O) groups is 2. The van der Waals surface area contributed by atoms with Crippen molar-refractivity contribution in [1.29, 1.82) is 0 Å². The van der Waals surface area contributed by atoms with Crippen LogP contribution in [0.2, 0.25) is 0 Å². The highest BCUT2D eigenvalue weighted by Gasteiger charge is 2.16. The zero-order valence-corrected chi connectivity index (χ0v) is 10.4. The third kappa shape index (κ3) is 5.55. The molecule has 0 aromatic heterocycles. The summed E-state index contributed by atoms with van der Waals surface area (Å²) in [4.78, 5) is 23.9. The largest absolute Gasteiger partial charge is 0.353 e. The normalized spacial score (nSPS) is 12.1. The van der Waals surface area contributed by atoms with Crippen LogP contribution in [-0.2, 0) is 4.79 Å². The molecule has 4 N–H and O–H groups in total. The Balaban J connectivity index is 3.67. The fourth-order valence-corrected chi connectivity index (χ4v) is 0.934. The molecule has 0 fully saturated rings. The van der Waals surface area contributed by atoms with E-state index in [4.69, 9.17) is 5.73 Å². The first-order valence-electron chi connectivity index (χ1n) is 5.34. The molecule has 6 heteroatoms. The number of rotatable bonds is 5. The van der Waals surface area contributed by atoms with Gasteiger partial charge in [0.05, 0.1) is 6.04 Å². The maximum absolute atomic E-state index is 11.4. The highest BCUT2D eigenvalue weighted by atomic mass is 16.2. The van der Waals surface area contributed by atoms with Crippen LogP contribution < -0.4 is 16.4 Å². The van der Waals surface area contributed by atoms with Gasteiger partial charge in [-0.1, -0.05) is 13.8 Å². The van der Waals surface area contributed by atoms with Crippen LogP contribution in [0.3, 0.4) is 0 Å². The summed E-state index contributed by atoms with van der Waals surface area (Å²) in [5.41, 5.74) is 5.64. The molecule has 0 unspecified atom stereocenters. The van der Waals surface area contributed by atoms with Crippen molar-refractivity contribution in [2.24, 2.45) is 11.7 Å². The first-order valence-corrected chi connectivity index (χ1v) is 5.34. The first-order chi connectivity index (χ1) is 7.36. The Morgan fingerprint density at radius 2 is 1.69 bits per heavy atom. The van der Waals surface area contributed by atoms with E-state index in [-0.39, 0.29) is 17.9 Å². The van der Waals surface area contributed by atoms with Gasteiger partial charge in [0, 0.05) is 27.2 Å². The second kappa shape index (κ2) is 7.05. The van der Waals surface area contributed by atoms with Gasteiger partial charge in [-0.05, 0) is 5.92 Å². The van der Waals surface area contributed by atoms with Gasteiger partial charge in [0.2, 0.25) is 5.91 Å². The third-order valence-corrected chi connectivity index (χ3v) is 2.13. The average Bonchev–Trinajstić information content (AvgIpc) is 2.22. The zero-order chi connectivity index (χ0) is 12.7. The van der Waals surface area contributed by atoms with E-state index in [1.54, 1.807) is 14.1 Å². The van der Waals surface area contributed by atoms with Gasteiger partial charge in [0.15, 0.2) is 0 Å². The van der Waals surface area contributed by atoms with Crippen LogP contribution in [0.5, 0.6) is 0 Å². The Labute approximate surface area is 96.5 Å². The molecule has 0 aromatic rings. The minimum absolute atomic E-state index is 0.108. The number of nitrogens with one attached hydrogen (secondary N) is 2. The lowest BCUT2D eigenvalue weighted by atomic mass is 10.1. The molecule has 0 rings (SSSR count). The number of carbonyl (C=O) groups excluding carboxylic acids is 2. The standard InChI is InChI=1S/C10H22N4O2/c1-7(2)8(11)9(15)12-5-6-13-10(16)14(3)4/h7-8H,5-6,11H2,1-4H3,(H,12,15)(H,13,16)/t8-/m1/s1. The van der Waals surface area contributed by atoms with Crippen LogP contribution in [0.25, 0.3) is 0 Å². The molecule has 0 aliphatic heterocycles. The summed E-state index contributed by atoms with van der Waals surface area (Å²) >= 11 is 0. The second-order valence-corrected chi connectivity index (χ2v) is 4.19. The Hall–Kier alpha value is -1.30. The minimum atomic E-state index is -0.496. The average molecular weight is 230 g/mol. The van der Waals surface area contributed by atoms with Crippen molar-refractivity contribution in [3.05, 3.63) is 0 Å². The topological polar surface area (TPSA) is 87.5 Å². The number of hydrogen-bond acceptors (Lipinski definition) is 3. The van der Waals surface area contributed by atoms with Crippen molar-refractivity contribution < 1.29 is 9.59 Å². The molecule has 16 heavy (non-hydrogen) atoms. The number of urea groups is 1. The summed E-state index contributed by atoms with van der Waals surface area (Å²) < 4.78 is 0. The quantitative estimate of drug-likeness (QED) is 0.549. The molecule has 0 aliphatic carbocycles. The fourth-order valence-electron chi connectivity index (χ4n) is 0.934. The van der Waals surface area contributed by atoms with E-state index >= 15 is 0 Å². The monoisotopic (exact) mass is 230 g/mol. The van der Waals surface area contributed by atoms with E-state index < -0.39 is 6.04 Å². The smallest absolute Gasteiger partial charge is 0.316 e. The van der Waals surface area contributed by atoms with E-state index in [0.29, 0.717) is 13.1 Å². The molecule has 0 aliphatic rings. The Bertz CT molecular complexity index is 241. The molecule has 0 saturated heterocycles. The number of hydrogen-bond donors (Lipinski definition) is 3. The van der Waals surface area contributed by atoms with E-state index in [9.17, 15) is 9.59 Å². The lowest BCUT2D eigenvalue weighted by Crippen LogP contribution is -2.46. The van der Waals surface area contributed by atoms with Crippen LogP contribution in [-0.4, -0.2) is 50.1 Å². The predicted octanol–water partition coefficient (Wildman–Crippen LogP) is -0.643. The van der Waals surface area contributed by atoms with Crippen LogP contribution in [0.4, 0.5) is 4.79 Å². The lowest BCUT2D eigenvalue weighted by Gasteiger charge is -2.16. The second-order valence-electron chi connectivity index (χ2n) is 4.19. The van der Waals surface area contributed by atoms with E-state index in [1.807, 2.05) is 13.8 Å². The molecule has 0 spiro atoms. The molecule has 0 radical (unpaired) electrons. The van der Waals surface area contributed by atoms with Crippen LogP contribution in [0.1, 0.15) is 13.8 Å². The molecule has 6 nitrogen and oxygen atoms in total. The molecular formula is C10H22N4O2. The van der Waals surface area contributed by atoms with Gasteiger partial charge in [-0.2, -0.15) is 0 Å². The summed E-state index contributed by atoms with van der Waals surface area (Å²) in [6.45, 7) is 4.56. The Morgan fingerprint density at radius 1 is 1.19 bits per heavy atom. The van der Waals surface area contributed by atoms with E-state index in [1.165, 1.54) is 4.90 Å². The van der Waals surface area contributed by atoms with Gasteiger partial charge in [0.25, 0.3) is 0 Å². The zero-order valence-electron chi connectivity index (χ0n) is 10.4. The van der Waals surface area contributed by atoms with Crippen molar-refractivity contribution in [2.75, 3.05) is 27.2 Å². The van der Waals surface area contributed by atoms with Gasteiger partial charge in [-0.3, -0.25) is 4.79 Å². The van der Waals surface area contributed by atoms with Crippen molar-refractivity contribution in [3.8, 4) is 0 Å². The van der Waals surface area contributed by atoms with Crippen LogP contribution >= 0.6 is 0 Å². The molecule has 0 bridgehead atoms. The summed E-state index contributed by atoms with van der Waals surface area (Å²) in [6.07, 6.45) is 0. The van der Waals surface area contributed by atoms with E-state index in [0.717, 1.165) is 0 Å².